The Hall–Kier alpha value is -1.40. The van der Waals surface area contributed by atoms with Gasteiger partial charge in [0.25, 0.3) is 0 Å². The van der Waals surface area contributed by atoms with Crippen LogP contribution in [0.2, 0.25) is 0 Å². The first-order chi connectivity index (χ1) is 11.8. The van der Waals surface area contributed by atoms with E-state index in [-0.39, 0.29) is 29.8 Å². The molecule has 1 atom stereocenters. The molecule has 1 unspecified atom stereocenters. The molecule has 2 rings (SSSR count). The summed E-state index contributed by atoms with van der Waals surface area (Å²) in [5.74, 6) is 0.209. The summed E-state index contributed by atoms with van der Waals surface area (Å²) in [7, 11) is 0. The van der Waals surface area contributed by atoms with Gasteiger partial charge in [0.15, 0.2) is 0 Å². The lowest BCUT2D eigenvalue weighted by molar-refractivity contribution is -0.135. The molecule has 1 aromatic rings. The van der Waals surface area contributed by atoms with E-state index in [1.807, 2.05) is 50.8 Å². The van der Waals surface area contributed by atoms with Gasteiger partial charge in [0.2, 0.25) is 11.8 Å². The van der Waals surface area contributed by atoms with E-state index in [4.69, 9.17) is 0 Å². The molecule has 6 heteroatoms. The minimum Gasteiger partial charge on any atom is -0.342 e. The molecule has 0 aliphatic carbocycles. The van der Waals surface area contributed by atoms with Gasteiger partial charge in [0.05, 0.1) is 11.7 Å². The Morgan fingerprint density at radius 2 is 1.84 bits per heavy atom. The molecule has 1 fully saturated rings. The van der Waals surface area contributed by atoms with Crippen LogP contribution >= 0.6 is 15.9 Å². The van der Waals surface area contributed by atoms with E-state index < -0.39 is 0 Å². The molecule has 138 valence electrons. The number of amides is 2. The van der Waals surface area contributed by atoms with Crippen LogP contribution in [-0.4, -0.2) is 41.9 Å². The van der Waals surface area contributed by atoms with Crippen LogP contribution in [0.3, 0.4) is 0 Å². The lowest BCUT2D eigenvalue weighted by Crippen LogP contribution is -2.50. The summed E-state index contributed by atoms with van der Waals surface area (Å²) in [6.07, 6.45) is 1.76. The zero-order valence-corrected chi connectivity index (χ0v) is 17.0. The number of benzene rings is 1. The number of nitrogens with one attached hydrogen (secondary N) is 2. The van der Waals surface area contributed by atoms with E-state index >= 15 is 0 Å². The summed E-state index contributed by atoms with van der Waals surface area (Å²) >= 11 is 3.48. The summed E-state index contributed by atoms with van der Waals surface area (Å²) < 4.78 is 0.883. The molecule has 2 amide bonds. The largest absolute Gasteiger partial charge is 0.342 e. The molecule has 0 spiro atoms. The van der Waals surface area contributed by atoms with Gasteiger partial charge in [0.1, 0.15) is 0 Å². The number of nitrogens with zero attached hydrogens (tertiary/aromatic N) is 1. The van der Waals surface area contributed by atoms with E-state index in [0.717, 1.165) is 41.7 Å². The van der Waals surface area contributed by atoms with Crippen LogP contribution < -0.4 is 10.6 Å². The van der Waals surface area contributed by atoms with Crippen LogP contribution in [0.4, 0.5) is 5.69 Å². The highest BCUT2D eigenvalue weighted by Gasteiger charge is 2.26. The third-order valence-electron chi connectivity index (χ3n) is 4.56. The Morgan fingerprint density at radius 3 is 2.40 bits per heavy atom. The summed E-state index contributed by atoms with van der Waals surface area (Å²) in [5, 5.41) is 6.35. The van der Waals surface area contributed by atoms with Crippen molar-refractivity contribution in [3.63, 3.8) is 0 Å². The fourth-order valence-electron chi connectivity index (χ4n) is 3.02. The Bertz CT molecular complexity index is 625. The second-order valence-corrected chi connectivity index (χ2v) is 7.97. The van der Waals surface area contributed by atoms with Gasteiger partial charge in [-0.15, -0.1) is 0 Å². The van der Waals surface area contributed by atoms with E-state index in [2.05, 4.69) is 26.6 Å². The highest BCUT2D eigenvalue weighted by Crippen LogP contribution is 2.23. The first-order valence-electron chi connectivity index (χ1n) is 8.89. The predicted molar refractivity (Wildman–Crippen MR) is 105 cm³/mol. The molecule has 0 bridgehead atoms. The van der Waals surface area contributed by atoms with Crippen molar-refractivity contribution in [2.45, 2.75) is 52.6 Å². The number of hydrogen-bond donors (Lipinski definition) is 2. The molecule has 1 aliphatic heterocycles. The SMILES string of the molecule is Cc1ccc(NC(=O)C(C)NC2CCN(C(=O)C(C)C)CC2)c(Br)c1. The second kappa shape index (κ2) is 8.81. The van der Waals surface area contributed by atoms with Crippen molar-refractivity contribution < 1.29 is 9.59 Å². The van der Waals surface area contributed by atoms with Crippen LogP contribution in [0, 0.1) is 12.8 Å². The molecule has 1 heterocycles. The van der Waals surface area contributed by atoms with Crippen molar-refractivity contribution in [2.75, 3.05) is 18.4 Å². The van der Waals surface area contributed by atoms with Crippen molar-refractivity contribution in [2.24, 2.45) is 5.92 Å². The average Bonchev–Trinajstić information content (AvgIpc) is 2.57. The van der Waals surface area contributed by atoms with Crippen molar-refractivity contribution >= 4 is 33.4 Å². The van der Waals surface area contributed by atoms with Crippen LogP contribution in [-0.2, 0) is 9.59 Å². The normalized spacial score (nSPS) is 16.8. The number of halogens is 1. The van der Waals surface area contributed by atoms with E-state index in [1.165, 1.54) is 0 Å². The molecule has 1 saturated heterocycles. The summed E-state index contributed by atoms with van der Waals surface area (Å²) in [4.78, 5) is 26.4. The number of carbonyl (C=O) groups is 2. The van der Waals surface area contributed by atoms with Crippen LogP contribution in [0.25, 0.3) is 0 Å². The maximum Gasteiger partial charge on any atom is 0.241 e. The quantitative estimate of drug-likeness (QED) is 0.783. The number of piperidine rings is 1. The number of carbonyl (C=O) groups excluding carboxylic acids is 2. The standard InChI is InChI=1S/C19H28BrN3O2/c1-12(2)19(25)23-9-7-15(8-10-23)21-14(4)18(24)22-17-6-5-13(3)11-16(17)20/h5-6,11-12,14-15,21H,7-10H2,1-4H3,(H,22,24). The average molecular weight is 410 g/mol. The maximum atomic E-state index is 12.4. The van der Waals surface area contributed by atoms with Crippen molar-refractivity contribution in [3.05, 3.63) is 28.2 Å². The van der Waals surface area contributed by atoms with Gasteiger partial charge in [-0.05, 0) is 60.3 Å². The predicted octanol–water partition coefficient (Wildman–Crippen LogP) is 3.32. The minimum absolute atomic E-state index is 0.0437. The van der Waals surface area contributed by atoms with Gasteiger partial charge in [0, 0.05) is 29.5 Å². The molecule has 25 heavy (non-hydrogen) atoms. The Labute approximate surface area is 158 Å². The molecule has 2 N–H and O–H groups in total. The molecular weight excluding hydrogens is 382 g/mol. The Morgan fingerprint density at radius 1 is 1.20 bits per heavy atom. The topological polar surface area (TPSA) is 61.4 Å². The zero-order chi connectivity index (χ0) is 18.6. The van der Waals surface area contributed by atoms with Gasteiger partial charge in [-0.2, -0.15) is 0 Å². The summed E-state index contributed by atoms with van der Waals surface area (Å²) in [5.41, 5.74) is 1.92. The Kier molecular flexibility index (Phi) is 7.02. The van der Waals surface area contributed by atoms with Crippen LogP contribution in [0.1, 0.15) is 39.2 Å². The van der Waals surface area contributed by atoms with E-state index in [1.54, 1.807) is 0 Å². The van der Waals surface area contributed by atoms with Gasteiger partial charge >= 0.3 is 0 Å². The zero-order valence-electron chi connectivity index (χ0n) is 15.4. The Balaban J connectivity index is 1.83. The number of rotatable bonds is 5. The van der Waals surface area contributed by atoms with Gasteiger partial charge in [-0.3, -0.25) is 9.59 Å². The van der Waals surface area contributed by atoms with Crippen molar-refractivity contribution in [1.82, 2.24) is 10.2 Å². The monoisotopic (exact) mass is 409 g/mol. The third-order valence-corrected chi connectivity index (χ3v) is 5.22. The number of anilines is 1. The third kappa shape index (κ3) is 5.54. The van der Waals surface area contributed by atoms with Crippen molar-refractivity contribution in [3.8, 4) is 0 Å². The minimum atomic E-state index is -0.287. The van der Waals surface area contributed by atoms with Gasteiger partial charge < -0.3 is 15.5 Å². The molecule has 0 radical (unpaired) electrons. The first kappa shape index (κ1) is 19.9. The van der Waals surface area contributed by atoms with Gasteiger partial charge in [-0.25, -0.2) is 0 Å². The molecule has 5 nitrogen and oxygen atoms in total. The number of hydrogen-bond acceptors (Lipinski definition) is 3. The molecule has 1 aliphatic rings. The first-order valence-corrected chi connectivity index (χ1v) is 9.69. The molecule has 0 saturated carbocycles. The van der Waals surface area contributed by atoms with E-state index in [9.17, 15) is 9.59 Å². The lowest BCUT2D eigenvalue weighted by atomic mass is 10.0. The fourth-order valence-corrected chi connectivity index (χ4v) is 3.62. The number of likely N-dealkylation sites (tertiary alicyclic amines) is 1. The number of aryl methyl sites for hydroxylation is 1. The summed E-state index contributed by atoms with van der Waals surface area (Å²) in [6.45, 7) is 9.27. The second-order valence-electron chi connectivity index (χ2n) is 7.12. The van der Waals surface area contributed by atoms with Gasteiger partial charge in [-0.1, -0.05) is 19.9 Å². The molecule has 1 aromatic carbocycles. The summed E-state index contributed by atoms with van der Waals surface area (Å²) in [6, 6.07) is 5.83. The molecule has 0 aromatic heterocycles. The highest BCUT2D eigenvalue weighted by atomic mass is 79.9. The van der Waals surface area contributed by atoms with E-state index in [0.29, 0.717) is 0 Å². The van der Waals surface area contributed by atoms with Crippen LogP contribution in [0.5, 0.6) is 0 Å². The smallest absolute Gasteiger partial charge is 0.241 e. The fraction of sp³-hybridized carbons (Fsp3) is 0.579. The molecular formula is C19H28BrN3O2. The maximum absolute atomic E-state index is 12.4. The van der Waals surface area contributed by atoms with Crippen molar-refractivity contribution in [1.29, 1.82) is 0 Å². The van der Waals surface area contributed by atoms with Crippen LogP contribution in [0.15, 0.2) is 22.7 Å². The highest BCUT2D eigenvalue weighted by molar-refractivity contribution is 9.10. The lowest BCUT2D eigenvalue weighted by Gasteiger charge is -2.34.